The molecular weight excluding hydrogens is 254 g/mol. The van der Waals surface area contributed by atoms with Crippen molar-refractivity contribution >= 4 is 11.3 Å². The zero-order valence-corrected chi connectivity index (χ0v) is 12.2. The summed E-state index contributed by atoms with van der Waals surface area (Å²) < 4.78 is 5.51. The maximum absolute atomic E-state index is 5.51. The van der Waals surface area contributed by atoms with Gasteiger partial charge < -0.3 is 10.1 Å². The molecule has 0 aliphatic carbocycles. The monoisotopic (exact) mass is 273 g/mol. The van der Waals surface area contributed by atoms with E-state index in [-0.39, 0.29) is 0 Å². The Kier molecular flexibility index (Phi) is 3.69. The SMILES string of the molecule is CCNC(c1ccc2c(c1)COC2)c1sccc1C. The largest absolute Gasteiger partial charge is 0.372 e. The predicted molar refractivity (Wildman–Crippen MR) is 79.5 cm³/mol. The van der Waals surface area contributed by atoms with Gasteiger partial charge in [-0.25, -0.2) is 0 Å². The smallest absolute Gasteiger partial charge is 0.0725 e. The molecule has 100 valence electrons. The minimum atomic E-state index is 0.302. The first-order chi connectivity index (χ1) is 9.29. The lowest BCUT2D eigenvalue weighted by atomic mass is 9.98. The summed E-state index contributed by atoms with van der Waals surface area (Å²) in [7, 11) is 0. The molecule has 1 unspecified atom stereocenters. The van der Waals surface area contributed by atoms with Gasteiger partial charge >= 0.3 is 0 Å². The normalized spacial score (nSPS) is 15.5. The van der Waals surface area contributed by atoms with Gasteiger partial charge in [0, 0.05) is 4.88 Å². The minimum absolute atomic E-state index is 0.302. The number of hydrogen-bond donors (Lipinski definition) is 1. The van der Waals surface area contributed by atoms with Crippen molar-refractivity contribution < 1.29 is 4.74 Å². The molecular formula is C16H19NOS. The summed E-state index contributed by atoms with van der Waals surface area (Å²) in [5.74, 6) is 0. The number of nitrogens with one attached hydrogen (secondary N) is 1. The van der Waals surface area contributed by atoms with Crippen LogP contribution < -0.4 is 5.32 Å². The third-order valence-electron chi connectivity index (χ3n) is 3.65. The van der Waals surface area contributed by atoms with Gasteiger partial charge in [-0.2, -0.15) is 0 Å². The summed E-state index contributed by atoms with van der Waals surface area (Å²) in [6.07, 6.45) is 0. The summed E-state index contributed by atoms with van der Waals surface area (Å²) in [6.45, 7) is 6.83. The third kappa shape index (κ3) is 2.46. The number of aryl methyl sites for hydroxylation is 1. The molecule has 2 nitrogen and oxygen atoms in total. The molecule has 0 fully saturated rings. The Morgan fingerprint density at radius 1 is 1.26 bits per heavy atom. The summed E-state index contributed by atoms with van der Waals surface area (Å²) >= 11 is 1.83. The second-order valence-corrected chi connectivity index (χ2v) is 5.93. The topological polar surface area (TPSA) is 21.3 Å². The van der Waals surface area contributed by atoms with Gasteiger partial charge in [-0.15, -0.1) is 11.3 Å². The van der Waals surface area contributed by atoms with Crippen LogP contribution in [0.25, 0.3) is 0 Å². The molecule has 2 heterocycles. The van der Waals surface area contributed by atoms with Crippen LogP contribution in [0.2, 0.25) is 0 Å². The zero-order valence-electron chi connectivity index (χ0n) is 11.4. The first-order valence-electron chi connectivity index (χ1n) is 6.76. The van der Waals surface area contributed by atoms with Crippen molar-refractivity contribution in [3.63, 3.8) is 0 Å². The molecule has 0 radical (unpaired) electrons. The molecule has 1 atom stereocenters. The van der Waals surface area contributed by atoms with Gasteiger partial charge in [0.1, 0.15) is 0 Å². The van der Waals surface area contributed by atoms with E-state index in [0.717, 1.165) is 19.8 Å². The lowest BCUT2D eigenvalue weighted by molar-refractivity contribution is 0.134. The Hall–Kier alpha value is -1.16. The summed E-state index contributed by atoms with van der Waals surface area (Å²) in [5.41, 5.74) is 5.39. The minimum Gasteiger partial charge on any atom is -0.372 e. The van der Waals surface area contributed by atoms with Crippen LogP contribution in [0, 0.1) is 6.92 Å². The summed E-state index contributed by atoms with van der Waals surface area (Å²) in [4.78, 5) is 1.42. The van der Waals surface area contributed by atoms with Crippen molar-refractivity contribution in [1.82, 2.24) is 5.32 Å². The van der Waals surface area contributed by atoms with Crippen LogP contribution in [0.4, 0.5) is 0 Å². The maximum Gasteiger partial charge on any atom is 0.0725 e. The zero-order chi connectivity index (χ0) is 13.2. The highest BCUT2D eigenvalue weighted by Crippen LogP contribution is 2.31. The van der Waals surface area contributed by atoms with E-state index in [1.807, 2.05) is 11.3 Å². The number of hydrogen-bond acceptors (Lipinski definition) is 3. The van der Waals surface area contributed by atoms with Crippen molar-refractivity contribution in [2.45, 2.75) is 33.1 Å². The molecule has 19 heavy (non-hydrogen) atoms. The molecule has 0 amide bonds. The van der Waals surface area contributed by atoms with E-state index in [0.29, 0.717) is 6.04 Å². The van der Waals surface area contributed by atoms with Gasteiger partial charge in [-0.3, -0.25) is 0 Å². The molecule has 0 saturated heterocycles. The molecule has 1 aromatic heterocycles. The summed E-state index contributed by atoms with van der Waals surface area (Å²) in [5, 5.41) is 5.78. The van der Waals surface area contributed by atoms with Crippen LogP contribution in [0.15, 0.2) is 29.6 Å². The van der Waals surface area contributed by atoms with Crippen LogP contribution >= 0.6 is 11.3 Å². The molecule has 0 bridgehead atoms. The molecule has 2 aromatic rings. The predicted octanol–water partition coefficient (Wildman–Crippen LogP) is 3.79. The number of thiophene rings is 1. The van der Waals surface area contributed by atoms with E-state index < -0.39 is 0 Å². The highest BCUT2D eigenvalue weighted by Gasteiger charge is 2.19. The van der Waals surface area contributed by atoms with E-state index in [9.17, 15) is 0 Å². The third-order valence-corrected chi connectivity index (χ3v) is 4.73. The van der Waals surface area contributed by atoms with E-state index in [1.54, 1.807) is 0 Å². The highest BCUT2D eigenvalue weighted by molar-refractivity contribution is 7.10. The van der Waals surface area contributed by atoms with Crippen LogP contribution in [-0.4, -0.2) is 6.54 Å². The Balaban J connectivity index is 1.98. The fourth-order valence-corrected chi connectivity index (χ4v) is 3.65. The number of rotatable bonds is 4. The number of fused-ring (bicyclic) bond motifs is 1. The first-order valence-corrected chi connectivity index (χ1v) is 7.64. The molecule has 0 saturated carbocycles. The van der Waals surface area contributed by atoms with Crippen molar-refractivity contribution in [2.24, 2.45) is 0 Å². The molecule has 1 aliphatic heterocycles. The Morgan fingerprint density at radius 2 is 2.11 bits per heavy atom. The maximum atomic E-state index is 5.51. The molecule has 3 heteroatoms. The highest BCUT2D eigenvalue weighted by atomic mass is 32.1. The number of ether oxygens (including phenoxy) is 1. The van der Waals surface area contributed by atoms with Crippen molar-refractivity contribution in [3.8, 4) is 0 Å². The van der Waals surface area contributed by atoms with Crippen LogP contribution in [0.5, 0.6) is 0 Å². The molecule has 1 N–H and O–H groups in total. The second kappa shape index (κ2) is 5.45. The second-order valence-electron chi connectivity index (χ2n) is 4.98. The van der Waals surface area contributed by atoms with Gasteiger partial charge in [0.2, 0.25) is 0 Å². The average molecular weight is 273 g/mol. The lowest BCUT2D eigenvalue weighted by Crippen LogP contribution is -2.21. The van der Waals surface area contributed by atoms with Gasteiger partial charge in [0.15, 0.2) is 0 Å². The molecule has 0 spiro atoms. The standard InChI is InChI=1S/C16H19NOS/c1-3-17-15(16-11(2)6-7-19-16)12-4-5-13-9-18-10-14(13)8-12/h4-8,15,17H,3,9-10H2,1-2H3. The number of benzene rings is 1. The molecule has 1 aromatic carbocycles. The Morgan fingerprint density at radius 3 is 2.84 bits per heavy atom. The van der Waals surface area contributed by atoms with E-state index in [1.165, 1.54) is 27.1 Å². The van der Waals surface area contributed by atoms with Crippen LogP contribution in [-0.2, 0) is 18.0 Å². The fourth-order valence-electron chi connectivity index (χ4n) is 2.62. The van der Waals surface area contributed by atoms with Gasteiger partial charge in [0.05, 0.1) is 19.3 Å². The lowest BCUT2D eigenvalue weighted by Gasteiger charge is -2.19. The van der Waals surface area contributed by atoms with E-state index in [2.05, 4.69) is 48.8 Å². The first kappa shape index (κ1) is 12.9. The van der Waals surface area contributed by atoms with Crippen molar-refractivity contribution in [1.29, 1.82) is 0 Å². The van der Waals surface area contributed by atoms with Crippen LogP contribution in [0.1, 0.15) is 40.1 Å². The molecule has 3 rings (SSSR count). The average Bonchev–Trinajstić information content (AvgIpc) is 3.03. The summed E-state index contributed by atoms with van der Waals surface area (Å²) in [6, 6.07) is 9.25. The van der Waals surface area contributed by atoms with Gasteiger partial charge in [-0.1, -0.05) is 25.1 Å². The Bertz CT molecular complexity index is 576. The van der Waals surface area contributed by atoms with Gasteiger partial charge in [0.25, 0.3) is 0 Å². The Labute approximate surface area is 118 Å². The quantitative estimate of drug-likeness (QED) is 0.915. The van der Waals surface area contributed by atoms with Gasteiger partial charge in [-0.05, 0) is 47.2 Å². The van der Waals surface area contributed by atoms with E-state index in [4.69, 9.17) is 4.74 Å². The fraction of sp³-hybridized carbons (Fsp3) is 0.375. The van der Waals surface area contributed by atoms with E-state index >= 15 is 0 Å². The van der Waals surface area contributed by atoms with Crippen molar-refractivity contribution in [2.75, 3.05) is 6.54 Å². The van der Waals surface area contributed by atoms with Crippen LogP contribution in [0.3, 0.4) is 0 Å². The van der Waals surface area contributed by atoms with Crippen molar-refractivity contribution in [3.05, 3.63) is 56.8 Å². The molecule has 1 aliphatic rings.